The number of aryl methyl sites for hydroxylation is 2. The number of alkyl halides is 1. The van der Waals surface area contributed by atoms with Crippen LogP contribution in [0.5, 0.6) is 0 Å². The summed E-state index contributed by atoms with van der Waals surface area (Å²) in [5, 5.41) is 8.22. The second-order valence-electron chi connectivity index (χ2n) is 5.39. The molecule has 0 aliphatic carbocycles. The molecule has 0 spiro atoms. The van der Waals surface area contributed by atoms with E-state index in [9.17, 15) is 4.39 Å². The number of hydrogen-bond donors (Lipinski definition) is 1. The van der Waals surface area contributed by atoms with Crippen LogP contribution in [0.3, 0.4) is 0 Å². The molecular weight excluding hydrogens is 289 g/mol. The number of fused-ring (bicyclic) bond motifs is 1. The highest BCUT2D eigenvalue weighted by Gasteiger charge is 2.23. The molecule has 3 nitrogen and oxygen atoms in total. The average molecular weight is 308 g/mol. The molecule has 0 saturated heterocycles. The molecule has 0 bridgehead atoms. The fourth-order valence-electron chi connectivity index (χ4n) is 2.97. The summed E-state index contributed by atoms with van der Waals surface area (Å²) >= 11 is 6.28. The molecule has 112 valence electrons. The van der Waals surface area contributed by atoms with Crippen molar-refractivity contribution in [3.05, 3.63) is 45.7 Å². The molecule has 21 heavy (non-hydrogen) atoms. The van der Waals surface area contributed by atoms with Crippen molar-refractivity contribution in [1.82, 2.24) is 9.78 Å². The number of nitrogens with one attached hydrogen (secondary N) is 1. The maximum Gasteiger partial charge on any atom is 0.133 e. The van der Waals surface area contributed by atoms with Crippen LogP contribution in [0, 0.1) is 6.92 Å². The Hall–Kier alpha value is -1.55. The number of para-hydroxylation sites is 1. The van der Waals surface area contributed by atoms with E-state index in [4.69, 9.17) is 11.6 Å². The summed E-state index contributed by atoms with van der Waals surface area (Å²) in [4.78, 5) is 0. The summed E-state index contributed by atoms with van der Waals surface area (Å²) in [6, 6.07) is 5.84. The largest absolute Gasteiger partial charge is 0.384 e. The van der Waals surface area contributed by atoms with Crippen LogP contribution < -0.4 is 5.32 Å². The molecule has 5 heteroatoms. The highest BCUT2D eigenvalue weighted by atomic mass is 35.5. The smallest absolute Gasteiger partial charge is 0.133 e. The summed E-state index contributed by atoms with van der Waals surface area (Å²) in [5.74, 6) is 0. The summed E-state index contributed by atoms with van der Waals surface area (Å²) in [7, 11) is 0. The van der Waals surface area contributed by atoms with E-state index < -0.39 is 6.17 Å². The first kappa shape index (κ1) is 14.4. The van der Waals surface area contributed by atoms with Crippen molar-refractivity contribution in [1.29, 1.82) is 0 Å². The van der Waals surface area contributed by atoms with Crippen molar-refractivity contribution in [3.8, 4) is 0 Å². The van der Waals surface area contributed by atoms with Gasteiger partial charge in [-0.2, -0.15) is 5.10 Å². The molecule has 1 atom stereocenters. The van der Waals surface area contributed by atoms with E-state index in [0.717, 1.165) is 35.6 Å². The maximum atomic E-state index is 14.8. The van der Waals surface area contributed by atoms with E-state index in [2.05, 4.69) is 16.5 Å². The highest BCUT2D eigenvalue weighted by Crippen LogP contribution is 2.35. The molecular formula is C16H19ClFN3. The molecule has 0 radical (unpaired) electrons. The van der Waals surface area contributed by atoms with E-state index in [1.807, 2.05) is 26.0 Å². The van der Waals surface area contributed by atoms with Crippen LogP contribution >= 0.6 is 11.6 Å². The lowest BCUT2D eigenvalue weighted by Crippen LogP contribution is -2.08. The number of aromatic nitrogens is 2. The van der Waals surface area contributed by atoms with Gasteiger partial charge in [0.25, 0.3) is 0 Å². The first-order valence-electron chi connectivity index (χ1n) is 7.33. The average Bonchev–Trinajstić information content (AvgIpc) is 3.06. The monoisotopic (exact) mass is 307 g/mol. The van der Waals surface area contributed by atoms with Crippen molar-refractivity contribution in [2.75, 3.05) is 11.9 Å². The van der Waals surface area contributed by atoms with Crippen molar-refractivity contribution >= 4 is 17.3 Å². The third-order valence-corrected chi connectivity index (χ3v) is 4.53. The van der Waals surface area contributed by atoms with Gasteiger partial charge in [0, 0.05) is 30.8 Å². The zero-order valence-electron chi connectivity index (χ0n) is 12.3. The second-order valence-corrected chi connectivity index (χ2v) is 5.77. The highest BCUT2D eigenvalue weighted by molar-refractivity contribution is 6.31. The summed E-state index contributed by atoms with van der Waals surface area (Å²) in [5.41, 5.74) is 4.42. The van der Waals surface area contributed by atoms with Crippen LogP contribution in [0.25, 0.3) is 0 Å². The predicted octanol–water partition coefficient (Wildman–Crippen LogP) is 4.09. The van der Waals surface area contributed by atoms with Gasteiger partial charge in [-0.25, -0.2) is 4.39 Å². The minimum absolute atomic E-state index is 0.256. The fourth-order valence-corrected chi connectivity index (χ4v) is 3.18. The Kier molecular flexibility index (Phi) is 3.89. The summed E-state index contributed by atoms with van der Waals surface area (Å²) in [6.07, 6.45) is 0.137. The number of benzene rings is 1. The topological polar surface area (TPSA) is 29.9 Å². The van der Waals surface area contributed by atoms with Gasteiger partial charge in [0.15, 0.2) is 0 Å². The normalized spacial score (nSPS) is 14.9. The van der Waals surface area contributed by atoms with Gasteiger partial charge in [-0.3, -0.25) is 4.68 Å². The number of nitrogens with zero attached hydrogens (tertiary/aromatic N) is 2. The Balaban J connectivity index is 1.91. The van der Waals surface area contributed by atoms with E-state index >= 15 is 0 Å². The third-order valence-electron chi connectivity index (χ3n) is 4.04. The van der Waals surface area contributed by atoms with Gasteiger partial charge < -0.3 is 5.32 Å². The van der Waals surface area contributed by atoms with Crippen molar-refractivity contribution in [2.45, 2.75) is 39.4 Å². The van der Waals surface area contributed by atoms with E-state index in [-0.39, 0.29) is 6.42 Å². The van der Waals surface area contributed by atoms with E-state index in [0.29, 0.717) is 11.6 Å². The zero-order chi connectivity index (χ0) is 15.0. The molecule has 2 aromatic rings. The van der Waals surface area contributed by atoms with E-state index in [1.165, 1.54) is 5.56 Å². The standard InChI is InChI=1S/C16H19ClFN3/c1-3-21-14(15(17)10(2)20-21)9-13(18)12-6-4-5-11-7-8-19-16(11)12/h4-6,13,19H,3,7-9H2,1-2H3. The summed E-state index contributed by atoms with van der Waals surface area (Å²) < 4.78 is 16.6. The molecule has 1 aliphatic heterocycles. The molecule has 3 rings (SSSR count). The molecule has 1 aliphatic rings. The van der Waals surface area contributed by atoms with Gasteiger partial charge in [0.2, 0.25) is 0 Å². The third kappa shape index (κ3) is 2.53. The van der Waals surface area contributed by atoms with E-state index in [1.54, 1.807) is 4.68 Å². The molecule has 1 aromatic carbocycles. The lowest BCUT2D eigenvalue weighted by molar-refractivity contribution is 0.335. The van der Waals surface area contributed by atoms with Crippen LogP contribution in [-0.4, -0.2) is 16.3 Å². The fraction of sp³-hybridized carbons (Fsp3) is 0.438. The van der Waals surface area contributed by atoms with Crippen LogP contribution in [0.4, 0.5) is 10.1 Å². The number of rotatable bonds is 4. The quantitative estimate of drug-likeness (QED) is 0.922. The Bertz CT molecular complexity index is 666. The minimum Gasteiger partial charge on any atom is -0.384 e. The van der Waals surface area contributed by atoms with Crippen molar-refractivity contribution < 1.29 is 4.39 Å². The number of hydrogen-bond acceptors (Lipinski definition) is 2. The first-order chi connectivity index (χ1) is 10.1. The molecule has 1 aromatic heterocycles. The first-order valence-corrected chi connectivity index (χ1v) is 7.71. The molecule has 0 fully saturated rings. The van der Waals surface area contributed by atoms with Crippen LogP contribution in [0.2, 0.25) is 5.02 Å². The second kappa shape index (κ2) is 5.68. The van der Waals surface area contributed by atoms with Gasteiger partial charge in [-0.1, -0.05) is 29.8 Å². The molecule has 0 saturated carbocycles. The van der Waals surface area contributed by atoms with Gasteiger partial charge in [-0.15, -0.1) is 0 Å². The lowest BCUT2D eigenvalue weighted by atomic mass is 10.0. The van der Waals surface area contributed by atoms with Crippen LogP contribution in [0.1, 0.15) is 35.6 Å². The van der Waals surface area contributed by atoms with Gasteiger partial charge in [0.1, 0.15) is 6.17 Å². The maximum absolute atomic E-state index is 14.8. The van der Waals surface area contributed by atoms with Crippen LogP contribution in [-0.2, 0) is 19.4 Å². The number of anilines is 1. The molecule has 0 amide bonds. The number of halogens is 2. The van der Waals surface area contributed by atoms with Crippen molar-refractivity contribution in [2.24, 2.45) is 0 Å². The minimum atomic E-state index is -1.08. The van der Waals surface area contributed by atoms with Gasteiger partial charge in [0.05, 0.1) is 16.4 Å². The lowest BCUT2D eigenvalue weighted by Gasteiger charge is -2.14. The molecule has 1 N–H and O–H groups in total. The van der Waals surface area contributed by atoms with Gasteiger partial charge in [-0.05, 0) is 25.8 Å². The Labute approximate surface area is 129 Å². The molecule has 2 heterocycles. The Morgan fingerprint density at radius 3 is 3.05 bits per heavy atom. The predicted molar refractivity (Wildman–Crippen MR) is 83.8 cm³/mol. The summed E-state index contributed by atoms with van der Waals surface area (Å²) in [6.45, 7) is 5.42. The van der Waals surface area contributed by atoms with Crippen LogP contribution in [0.15, 0.2) is 18.2 Å². The Morgan fingerprint density at radius 1 is 1.48 bits per heavy atom. The Morgan fingerprint density at radius 2 is 2.29 bits per heavy atom. The van der Waals surface area contributed by atoms with Gasteiger partial charge >= 0.3 is 0 Å². The SMILES string of the molecule is CCn1nc(C)c(Cl)c1CC(F)c1cccc2c1NCC2. The van der Waals surface area contributed by atoms with Crippen molar-refractivity contribution in [3.63, 3.8) is 0 Å². The zero-order valence-corrected chi connectivity index (χ0v) is 13.0. The molecule has 1 unspecified atom stereocenters.